The maximum absolute atomic E-state index is 12.6. The summed E-state index contributed by atoms with van der Waals surface area (Å²) in [5.41, 5.74) is 1.52. The van der Waals surface area contributed by atoms with Crippen molar-refractivity contribution in [3.05, 3.63) is 83.9 Å². The molecular weight excluding hydrogens is 380 g/mol. The number of amides is 2. The van der Waals surface area contributed by atoms with E-state index in [9.17, 15) is 9.59 Å². The van der Waals surface area contributed by atoms with E-state index in [-0.39, 0.29) is 17.9 Å². The van der Waals surface area contributed by atoms with E-state index >= 15 is 0 Å². The Hall–Kier alpha value is -3.61. The number of rotatable bonds is 9. The van der Waals surface area contributed by atoms with E-state index in [1.807, 2.05) is 60.3 Å². The van der Waals surface area contributed by atoms with Gasteiger partial charge in [-0.25, -0.2) is 4.98 Å². The number of methoxy groups -OCH3 is 1. The Morgan fingerprint density at radius 1 is 1.10 bits per heavy atom. The number of hydrogen-bond donors (Lipinski definition) is 2. The Morgan fingerprint density at radius 3 is 2.47 bits per heavy atom. The fraction of sp³-hybridized carbons (Fsp3) is 0.261. The molecule has 0 aliphatic rings. The van der Waals surface area contributed by atoms with Gasteiger partial charge in [0.1, 0.15) is 17.6 Å². The summed E-state index contributed by atoms with van der Waals surface area (Å²) in [7, 11) is 3.51. The van der Waals surface area contributed by atoms with Crippen molar-refractivity contribution < 1.29 is 14.3 Å². The molecule has 1 unspecified atom stereocenters. The Morgan fingerprint density at radius 2 is 1.83 bits per heavy atom. The summed E-state index contributed by atoms with van der Waals surface area (Å²) in [5, 5.41) is 5.90. The van der Waals surface area contributed by atoms with Gasteiger partial charge in [-0.1, -0.05) is 30.3 Å². The van der Waals surface area contributed by atoms with Gasteiger partial charge in [-0.05, 0) is 36.2 Å². The third kappa shape index (κ3) is 5.47. The molecule has 0 bridgehead atoms. The molecule has 7 heteroatoms. The molecule has 2 N–H and O–H groups in total. The van der Waals surface area contributed by atoms with E-state index in [2.05, 4.69) is 15.6 Å². The molecule has 0 saturated carbocycles. The Balaban J connectivity index is 1.57. The number of hydrogen-bond acceptors (Lipinski definition) is 4. The molecule has 0 radical (unpaired) electrons. The van der Waals surface area contributed by atoms with Crippen LogP contribution in [0.5, 0.6) is 5.75 Å². The van der Waals surface area contributed by atoms with Gasteiger partial charge in [0.15, 0.2) is 0 Å². The minimum Gasteiger partial charge on any atom is -0.497 e. The summed E-state index contributed by atoms with van der Waals surface area (Å²) in [5.74, 6) is 1.25. The van der Waals surface area contributed by atoms with Crippen molar-refractivity contribution in [2.45, 2.75) is 18.9 Å². The predicted octanol–water partition coefficient (Wildman–Crippen LogP) is 2.84. The monoisotopic (exact) mass is 406 g/mol. The number of carbonyl (C=O) groups is 2. The Labute approximate surface area is 176 Å². The predicted molar refractivity (Wildman–Crippen MR) is 114 cm³/mol. The number of aryl methyl sites for hydroxylation is 1. The minimum absolute atomic E-state index is 0.104. The average molecular weight is 406 g/mol. The highest BCUT2D eigenvalue weighted by Crippen LogP contribution is 2.23. The van der Waals surface area contributed by atoms with Gasteiger partial charge in [0, 0.05) is 38.0 Å². The molecule has 1 aromatic heterocycles. The molecule has 7 nitrogen and oxygen atoms in total. The molecule has 3 aromatic rings. The van der Waals surface area contributed by atoms with Crippen molar-refractivity contribution in [2.75, 3.05) is 13.7 Å². The number of nitrogens with one attached hydrogen (secondary N) is 2. The van der Waals surface area contributed by atoms with Crippen molar-refractivity contribution in [3.63, 3.8) is 0 Å². The van der Waals surface area contributed by atoms with Crippen LogP contribution in [-0.4, -0.2) is 35.0 Å². The molecular formula is C23H26N4O3. The largest absolute Gasteiger partial charge is 0.497 e. The second-order valence-corrected chi connectivity index (χ2v) is 6.90. The highest BCUT2D eigenvalue weighted by atomic mass is 16.5. The van der Waals surface area contributed by atoms with Crippen LogP contribution in [0.15, 0.2) is 67.0 Å². The van der Waals surface area contributed by atoms with Crippen molar-refractivity contribution >= 4 is 11.8 Å². The van der Waals surface area contributed by atoms with Crippen molar-refractivity contribution in [1.82, 2.24) is 20.2 Å². The first kappa shape index (κ1) is 21.1. The third-order valence-electron chi connectivity index (χ3n) is 4.77. The molecule has 156 valence electrons. The van der Waals surface area contributed by atoms with Gasteiger partial charge in [0.05, 0.1) is 7.11 Å². The van der Waals surface area contributed by atoms with Crippen molar-refractivity contribution in [3.8, 4) is 5.75 Å². The van der Waals surface area contributed by atoms with Crippen LogP contribution >= 0.6 is 0 Å². The van der Waals surface area contributed by atoms with Gasteiger partial charge in [-0.15, -0.1) is 0 Å². The molecule has 0 aliphatic heterocycles. The van der Waals surface area contributed by atoms with E-state index in [1.165, 1.54) is 0 Å². The summed E-state index contributed by atoms with van der Waals surface area (Å²) >= 11 is 0. The first-order valence-corrected chi connectivity index (χ1v) is 9.82. The zero-order valence-corrected chi connectivity index (χ0v) is 17.2. The number of imidazole rings is 1. The Bertz CT molecular complexity index is 968. The van der Waals surface area contributed by atoms with Crippen LogP contribution in [-0.2, 0) is 11.8 Å². The Kier molecular flexibility index (Phi) is 7.21. The fourth-order valence-corrected chi connectivity index (χ4v) is 3.12. The number of benzene rings is 2. The first-order chi connectivity index (χ1) is 14.6. The SMILES string of the molecule is COc1ccc(C(NC(=O)CCCNC(=O)c2ccccc2)c2nccn2C)cc1. The zero-order chi connectivity index (χ0) is 21.3. The molecule has 0 spiro atoms. The summed E-state index contributed by atoms with van der Waals surface area (Å²) < 4.78 is 7.10. The van der Waals surface area contributed by atoms with Crippen LogP contribution in [0, 0.1) is 0 Å². The highest BCUT2D eigenvalue weighted by Gasteiger charge is 2.20. The second-order valence-electron chi connectivity index (χ2n) is 6.90. The van der Waals surface area contributed by atoms with Crippen LogP contribution in [0.1, 0.15) is 40.6 Å². The molecule has 0 saturated heterocycles. The third-order valence-corrected chi connectivity index (χ3v) is 4.77. The average Bonchev–Trinajstić information content (AvgIpc) is 3.21. The van der Waals surface area contributed by atoms with Crippen LogP contribution < -0.4 is 15.4 Å². The summed E-state index contributed by atoms with van der Waals surface area (Å²) in [6.07, 6.45) is 4.39. The molecule has 2 amide bonds. The van der Waals surface area contributed by atoms with Gasteiger partial charge in [0.25, 0.3) is 5.91 Å². The van der Waals surface area contributed by atoms with Crippen molar-refractivity contribution in [2.24, 2.45) is 7.05 Å². The number of carbonyl (C=O) groups excluding carboxylic acids is 2. The normalized spacial score (nSPS) is 11.5. The van der Waals surface area contributed by atoms with E-state index in [0.29, 0.717) is 24.9 Å². The molecule has 0 aliphatic carbocycles. The lowest BCUT2D eigenvalue weighted by Gasteiger charge is -2.19. The summed E-state index contributed by atoms with van der Waals surface area (Å²) in [6.45, 7) is 0.427. The van der Waals surface area contributed by atoms with E-state index in [1.54, 1.807) is 25.4 Å². The zero-order valence-electron chi connectivity index (χ0n) is 17.2. The van der Waals surface area contributed by atoms with E-state index in [0.717, 1.165) is 17.1 Å². The fourth-order valence-electron chi connectivity index (χ4n) is 3.12. The standard InChI is InChI=1S/C23H26N4O3/c1-27-16-15-24-22(27)21(17-10-12-19(30-2)13-11-17)26-20(28)9-6-14-25-23(29)18-7-4-3-5-8-18/h3-5,7-8,10-13,15-16,21H,6,9,14H2,1-2H3,(H,25,29)(H,26,28). The highest BCUT2D eigenvalue weighted by molar-refractivity contribution is 5.94. The van der Waals surface area contributed by atoms with Crippen LogP contribution in [0.25, 0.3) is 0 Å². The van der Waals surface area contributed by atoms with Gasteiger partial charge >= 0.3 is 0 Å². The van der Waals surface area contributed by atoms with Gasteiger partial charge < -0.3 is 19.9 Å². The van der Waals surface area contributed by atoms with Crippen LogP contribution in [0.3, 0.4) is 0 Å². The number of aromatic nitrogens is 2. The number of nitrogens with zero attached hydrogens (tertiary/aromatic N) is 2. The molecule has 1 atom stereocenters. The lowest BCUT2D eigenvalue weighted by atomic mass is 10.1. The first-order valence-electron chi connectivity index (χ1n) is 9.82. The molecule has 0 fully saturated rings. The lowest BCUT2D eigenvalue weighted by Crippen LogP contribution is -2.32. The van der Waals surface area contributed by atoms with Crippen LogP contribution in [0.2, 0.25) is 0 Å². The quantitative estimate of drug-likeness (QED) is 0.535. The topological polar surface area (TPSA) is 85.2 Å². The van der Waals surface area contributed by atoms with E-state index < -0.39 is 0 Å². The molecule has 1 heterocycles. The number of ether oxygens (including phenoxy) is 1. The van der Waals surface area contributed by atoms with Crippen LogP contribution in [0.4, 0.5) is 0 Å². The van der Waals surface area contributed by atoms with Gasteiger partial charge in [0.2, 0.25) is 5.91 Å². The van der Waals surface area contributed by atoms with E-state index in [4.69, 9.17) is 4.74 Å². The second kappa shape index (κ2) is 10.2. The molecule has 2 aromatic carbocycles. The molecule has 3 rings (SSSR count). The molecule has 30 heavy (non-hydrogen) atoms. The van der Waals surface area contributed by atoms with Gasteiger partial charge in [-0.2, -0.15) is 0 Å². The lowest BCUT2D eigenvalue weighted by molar-refractivity contribution is -0.121. The summed E-state index contributed by atoms with van der Waals surface area (Å²) in [6, 6.07) is 16.2. The van der Waals surface area contributed by atoms with Crippen molar-refractivity contribution in [1.29, 1.82) is 0 Å². The minimum atomic E-state index is -0.373. The van der Waals surface area contributed by atoms with Gasteiger partial charge in [-0.3, -0.25) is 9.59 Å². The maximum Gasteiger partial charge on any atom is 0.251 e. The summed E-state index contributed by atoms with van der Waals surface area (Å²) in [4.78, 5) is 29.1. The maximum atomic E-state index is 12.6. The smallest absolute Gasteiger partial charge is 0.251 e.